The first-order valence-electron chi connectivity index (χ1n) is 6.98. The van der Waals surface area contributed by atoms with Gasteiger partial charge in [0.05, 0.1) is 11.0 Å². The first-order valence-corrected chi connectivity index (χ1v) is 8.57. The molecule has 1 aromatic heterocycles. The molecule has 0 radical (unpaired) electrons. The largest absolute Gasteiger partial charge is 0.480 e. The first-order chi connectivity index (χ1) is 9.56. The van der Waals surface area contributed by atoms with E-state index in [1.54, 1.807) is 0 Å². The minimum atomic E-state index is -0.705. The van der Waals surface area contributed by atoms with Crippen LogP contribution in [-0.4, -0.2) is 28.1 Å². The minimum absolute atomic E-state index is 0.370. The second kappa shape index (κ2) is 5.81. The van der Waals surface area contributed by atoms with Gasteiger partial charge < -0.3 is 9.52 Å². The van der Waals surface area contributed by atoms with Crippen LogP contribution in [0.5, 0.6) is 0 Å². The number of halogens is 2. The number of hydrogen-bond acceptors (Lipinski definition) is 3. The van der Waals surface area contributed by atoms with Gasteiger partial charge in [-0.2, -0.15) is 0 Å². The summed E-state index contributed by atoms with van der Waals surface area (Å²) in [5.41, 5.74) is 0. The van der Waals surface area contributed by atoms with Gasteiger partial charge in [0.15, 0.2) is 4.67 Å². The lowest BCUT2D eigenvalue weighted by molar-refractivity contribution is -0.143. The van der Waals surface area contributed by atoms with E-state index in [0.717, 1.165) is 29.5 Å². The number of rotatable bonds is 3. The van der Waals surface area contributed by atoms with Crippen LogP contribution in [0.1, 0.15) is 37.9 Å². The lowest BCUT2D eigenvalue weighted by Crippen LogP contribution is -2.41. The van der Waals surface area contributed by atoms with Crippen molar-refractivity contribution in [2.75, 3.05) is 0 Å². The van der Waals surface area contributed by atoms with Crippen LogP contribution in [0.3, 0.4) is 0 Å². The Bertz CT molecular complexity index is 497. The molecule has 1 aliphatic carbocycles. The first kappa shape index (κ1) is 14.6. The molecule has 6 heteroatoms. The zero-order valence-corrected chi connectivity index (χ0v) is 14.2. The van der Waals surface area contributed by atoms with Crippen LogP contribution in [0.25, 0.3) is 0 Å². The number of likely N-dealkylation sites (tertiary alicyclic amines) is 1. The average Bonchev–Trinajstić information content (AvgIpc) is 2.92. The van der Waals surface area contributed by atoms with Crippen molar-refractivity contribution in [1.82, 2.24) is 4.90 Å². The Balaban J connectivity index is 1.81. The van der Waals surface area contributed by atoms with Crippen molar-refractivity contribution < 1.29 is 14.3 Å². The third-order valence-corrected chi connectivity index (χ3v) is 6.25. The molecule has 0 spiro atoms. The molecule has 1 saturated carbocycles. The molecule has 0 amide bonds. The van der Waals surface area contributed by atoms with Gasteiger partial charge in [-0.1, -0.05) is 12.8 Å². The second-order valence-electron chi connectivity index (χ2n) is 5.71. The number of carbonyl (C=O) groups is 1. The monoisotopic (exact) mass is 405 g/mol. The quantitative estimate of drug-likeness (QED) is 0.823. The molecule has 2 fully saturated rings. The highest BCUT2D eigenvalue weighted by molar-refractivity contribution is 9.13. The molecule has 2 aliphatic rings. The van der Waals surface area contributed by atoms with Crippen molar-refractivity contribution in [3.8, 4) is 0 Å². The van der Waals surface area contributed by atoms with Gasteiger partial charge in [-0.25, -0.2) is 0 Å². The topological polar surface area (TPSA) is 53.7 Å². The highest BCUT2D eigenvalue weighted by atomic mass is 79.9. The average molecular weight is 407 g/mol. The Morgan fingerprint density at radius 2 is 2.15 bits per heavy atom. The van der Waals surface area contributed by atoms with Crippen LogP contribution >= 0.6 is 31.9 Å². The number of aliphatic carboxylic acids is 1. The van der Waals surface area contributed by atoms with Crippen molar-refractivity contribution in [1.29, 1.82) is 0 Å². The van der Waals surface area contributed by atoms with E-state index in [1.807, 2.05) is 6.07 Å². The molecule has 1 aromatic rings. The SMILES string of the molecule is O=C(O)C1CC2CCCCC2N1Cc1cc(Br)c(Br)o1. The Kier molecular flexibility index (Phi) is 4.24. The van der Waals surface area contributed by atoms with Crippen LogP contribution in [0.4, 0.5) is 0 Å². The summed E-state index contributed by atoms with van der Waals surface area (Å²) < 4.78 is 7.16. The molecule has 2 heterocycles. The lowest BCUT2D eigenvalue weighted by atomic mass is 9.85. The summed E-state index contributed by atoms with van der Waals surface area (Å²) in [5, 5.41) is 9.48. The van der Waals surface area contributed by atoms with Gasteiger partial charge in [0.1, 0.15) is 11.8 Å². The highest BCUT2D eigenvalue weighted by Gasteiger charge is 2.45. The summed E-state index contributed by atoms with van der Waals surface area (Å²) in [7, 11) is 0. The van der Waals surface area contributed by atoms with Crippen LogP contribution in [0, 0.1) is 5.92 Å². The molecule has 3 atom stereocenters. The van der Waals surface area contributed by atoms with Crippen molar-refractivity contribution in [3.05, 3.63) is 21.0 Å². The summed E-state index contributed by atoms with van der Waals surface area (Å²) >= 11 is 6.73. The standard InChI is InChI=1S/C14H17Br2NO3/c15-10-6-9(20-13(10)16)7-17-11-4-2-1-3-8(11)5-12(17)14(18)19/h6,8,11-12H,1-5,7H2,(H,18,19). The number of furan rings is 1. The summed E-state index contributed by atoms with van der Waals surface area (Å²) in [6.07, 6.45) is 5.49. The van der Waals surface area contributed by atoms with E-state index in [4.69, 9.17) is 4.42 Å². The maximum atomic E-state index is 11.5. The van der Waals surface area contributed by atoms with Gasteiger partial charge in [0.2, 0.25) is 0 Å². The number of carboxylic acids is 1. The Morgan fingerprint density at radius 3 is 2.80 bits per heavy atom. The normalized spacial score (nSPS) is 30.4. The second-order valence-corrected chi connectivity index (χ2v) is 7.28. The van der Waals surface area contributed by atoms with Crippen molar-refractivity contribution in [2.45, 2.75) is 50.7 Å². The highest BCUT2D eigenvalue weighted by Crippen LogP contribution is 2.41. The zero-order chi connectivity index (χ0) is 14.3. The van der Waals surface area contributed by atoms with E-state index in [2.05, 4.69) is 36.8 Å². The van der Waals surface area contributed by atoms with Gasteiger partial charge in [-0.05, 0) is 63.1 Å². The smallest absolute Gasteiger partial charge is 0.320 e. The molecule has 0 aromatic carbocycles. The summed E-state index contributed by atoms with van der Waals surface area (Å²) in [5.74, 6) is 0.636. The van der Waals surface area contributed by atoms with Gasteiger partial charge >= 0.3 is 5.97 Å². The molecule has 4 nitrogen and oxygen atoms in total. The molecule has 1 aliphatic heterocycles. The molecular formula is C14H17Br2NO3. The van der Waals surface area contributed by atoms with E-state index in [9.17, 15) is 9.90 Å². The predicted molar refractivity (Wildman–Crippen MR) is 81.4 cm³/mol. The fourth-order valence-corrected chi connectivity index (χ4v) is 4.33. The minimum Gasteiger partial charge on any atom is -0.480 e. The summed E-state index contributed by atoms with van der Waals surface area (Å²) in [6, 6.07) is 1.94. The maximum Gasteiger partial charge on any atom is 0.320 e. The maximum absolute atomic E-state index is 11.5. The van der Waals surface area contributed by atoms with Crippen LogP contribution in [-0.2, 0) is 11.3 Å². The van der Waals surface area contributed by atoms with Crippen molar-refractivity contribution in [3.63, 3.8) is 0 Å². The molecule has 1 N–H and O–H groups in total. The Hall–Kier alpha value is -0.330. The molecule has 110 valence electrons. The number of carboxylic acid groups (broad SMARTS) is 1. The molecule has 0 bridgehead atoms. The number of hydrogen-bond donors (Lipinski definition) is 1. The Labute approximate surface area is 134 Å². The third-order valence-electron chi connectivity index (χ3n) is 4.54. The number of fused-ring (bicyclic) bond motifs is 1. The lowest BCUT2D eigenvalue weighted by Gasteiger charge is -2.32. The molecule has 20 heavy (non-hydrogen) atoms. The summed E-state index contributed by atoms with van der Waals surface area (Å²) in [4.78, 5) is 13.7. The molecule has 3 rings (SSSR count). The summed E-state index contributed by atoms with van der Waals surface area (Å²) in [6.45, 7) is 0.572. The molecule has 1 saturated heterocycles. The predicted octanol–water partition coefficient (Wildman–Crippen LogP) is 4.02. The van der Waals surface area contributed by atoms with Gasteiger partial charge in [-0.3, -0.25) is 9.69 Å². The van der Waals surface area contributed by atoms with Gasteiger partial charge in [0, 0.05) is 6.04 Å². The number of nitrogens with zero attached hydrogens (tertiary/aromatic N) is 1. The van der Waals surface area contributed by atoms with Gasteiger partial charge in [0.25, 0.3) is 0 Å². The van der Waals surface area contributed by atoms with Crippen LogP contribution < -0.4 is 0 Å². The van der Waals surface area contributed by atoms with Crippen molar-refractivity contribution >= 4 is 37.8 Å². The van der Waals surface area contributed by atoms with E-state index < -0.39 is 5.97 Å². The molecular weight excluding hydrogens is 390 g/mol. The van der Waals surface area contributed by atoms with E-state index in [-0.39, 0.29) is 6.04 Å². The fraction of sp³-hybridized carbons (Fsp3) is 0.643. The van der Waals surface area contributed by atoms with Crippen LogP contribution in [0.2, 0.25) is 0 Å². The zero-order valence-electron chi connectivity index (χ0n) is 11.0. The van der Waals surface area contributed by atoms with E-state index in [1.165, 1.54) is 12.8 Å². The Morgan fingerprint density at radius 1 is 1.40 bits per heavy atom. The van der Waals surface area contributed by atoms with Gasteiger partial charge in [-0.15, -0.1) is 0 Å². The van der Waals surface area contributed by atoms with E-state index >= 15 is 0 Å². The van der Waals surface area contributed by atoms with Crippen molar-refractivity contribution in [2.24, 2.45) is 5.92 Å². The third kappa shape index (κ3) is 2.70. The van der Waals surface area contributed by atoms with Crippen LogP contribution in [0.15, 0.2) is 19.6 Å². The fourth-order valence-electron chi connectivity index (χ4n) is 3.67. The van der Waals surface area contributed by atoms with E-state index in [0.29, 0.717) is 23.2 Å². The molecule has 3 unspecified atom stereocenters.